The zero-order valence-electron chi connectivity index (χ0n) is 21.4. The number of esters is 1. The molecule has 1 aromatic carbocycles. The number of rotatable bonds is 10. The molecule has 4 rings (SSSR count). The van der Waals surface area contributed by atoms with Crippen molar-refractivity contribution in [1.82, 2.24) is 0 Å². The molecule has 2 heterocycles. The first-order valence-corrected chi connectivity index (χ1v) is 12.6. The highest BCUT2D eigenvalue weighted by Crippen LogP contribution is 2.61. The second kappa shape index (κ2) is 10.00. The Kier molecular flexibility index (Phi) is 7.41. The first kappa shape index (κ1) is 25.2. The Morgan fingerprint density at radius 1 is 1.26 bits per heavy atom. The predicted octanol–water partition coefficient (Wildman–Crippen LogP) is 5.04. The van der Waals surface area contributed by atoms with Crippen LogP contribution in [-0.2, 0) is 23.7 Å². The van der Waals surface area contributed by atoms with Gasteiger partial charge in [0.05, 0.1) is 25.7 Å². The summed E-state index contributed by atoms with van der Waals surface area (Å²) in [4.78, 5) is 12.9. The van der Waals surface area contributed by atoms with Crippen LogP contribution in [0.15, 0.2) is 30.3 Å². The zero-order valence-corrected chi connectivity index (χ0v) is 21.4. The number of hydrogen-bond donors (Lipinski definition) is 0. The molecule has 0 aromatic heterocycles. The van der Waals surface area contributed by atoms with Crippen LogP contribution in [0.1, 0.15) is 58.9 Å². The van der Waals surface area contributed by atoms with E-state index in [0.29, 0.717) is 5.92 Å². The van der Waals surface area contributed by atoms with Crippen LogP contribution in [-0.4, -0.2) is 56.3 Å². The minimum Gasteiger partial charge on any atom is -0.497 e. The molecule has 7 atom stereocenters. The largest absolute Gasteiger partial charge is 0.497 e. The smallest absolute Gasteiger partial charge is 0.331 e. The van der Waals surface area contributed by atoms with Crippen molar-refractivity contribution in [2.75, 3.05) is 20.8 Å². The van der Waals surface area contributed by atoms with Gasteiger partial charge in [-0.25, -0.2) is 4.79 Å². The molecule has 0 bridgehead atoms. The lowest BCUT2D eigenvalue weighted by Gasteiger charge is -2.46. The van der Waals surface area contributed by atoms with Gasteiger partial charge in [0.15, 0.2) is 0 Å². The van der Waals surface area contributed by atoms with Gasteiger partial charge in [-0.2, -0.15) is 0 Å². The van der Waals surface area contributed by atoms with E-state index < -0.39 is 0 Å². The maximum Gasteiger partial charge on any atom is 0.331 e. The maximum atomic E-state index is 12.9. The summed E-state index contributed by atoms with van der Waals surface area (Å²) < 4.78 is 29.9. The van der Waals surface area contributed by atoms with Crippen LogP contribution in [0.25, 0.3) is 6.08 Å². The summed E-state index contributed by atoms with van der Waals surface area (Å²) in [6.07, 6.45) is 6.74. The van der Waals surface area contributed by atoms with Gasteiger partial charge in [-0.1, -0.05) is 32.9 Å². The lowest BCUT2D eigenvalue weighted by Crippen LogP contribution is -2.59. The molecule has 6 heteroatoms. The van der Waals surface area contributed by atoms with Gasteiger partial charge >= 0.3 is 5.97 Å². The molecule has 34 heavy (non-hydrogen) atoms. The standard InChI is InChI=1S/C28H40O6/c1-7-20-16-28(17-32-28)26(27(4)22(34-27)13-11-18(2)3)25(31-6)24(20)33-23(29)14-12-19-9-8-10-21(15-19)30-5/h8-10,12,14-15,18,20,22,24-26H,7,11,13,16-17H2,1-6H3/b14-12+/t20-,22-,24-,25-,26-,27+,28+/m1/s1. The average molecular weight is 473 g/mol. The fourth-order valence-electron chi connectivity index (χ4n) is 5.95. The molecule has 2 aliphatic heterocycles. The number of methoxy groups -OCH3 is 2. The molecule has 1 spiro atoms. The van der Waals surface area contributed by atoms with Crippen molar-refractivity contribution in [3.8, 4) is 5.75 Å². The molecule has 0 N–H and O–H groups in total. The van der Waals surface area contributed by atoms with Gasteiger partial charge in [-0.15, -0.1) is 0 Å². The Morgan fingerprint density at radius 2 is 2.03 bits per heavy atom. The Morgan fingerprint density at radius 3 is 2.65 bits per heavy atom. The fraction of sp³-hybridized carbons (Fsp3) is 0.679. The summed E-state index contributed by atoms with van der Waals surface area (Å²) in [6, 6.07) is 7.57. The Balaban J connectivity index is 1.50. The quantitative estimate of drug-likeness (QED) is 0.270. The average Bonchev–Trinajstić information content (AvgIpc) is 3.74. The van der Waals surface area contributed by atoms with Crippen LogP contribution in [0.2, 0.25) is 0 Å². The highest BCUT2D eigenvalue weighted by molar-refractivity contribution is 5.87. The second-order valence-corrected chi connectivity index (χ2v) is 10.7. The molecular formula is C28H40O6. The van der Waals surface area contributed by atoms with E-state index in [1.165, 1.54) is 6.08 Å². The molecule has 1 saturated carbocycles. The molecule has 6 nitrogen and oxygen atoms in total. The molecule has 188 valence electrons. The van der Waals surface area contributed by atoms with E-state index >= 15 is 0 Å². The molecule has 0 unspecified atom stereocenters. The summed E-state index contributed by atoms with van der Waals surface area (Å²) in [6.45, 7) is 9.53. The van der Waals surface area contributed by atoms with Crippen LogP contribution in [0.5, 0.6) is 5.75 Å². The summed E-state index contributed by atoms with van der Waals surface area (Å²) in [5.74, 6) is 1.23. The van der Waals surface area contributed by atoms with Crippen LogP contribution < -0.4 is 4.74 Å². The van der Waals surface area contributed by atoms with E-state index in [1.807, 2.05) is 24.3 Å². The van der Waals surface area contributed by atoms with Gasteiger partial charge in [-0.05, 0) is 62.3 Å². The summed E-state index contributed by atoms with van der Waals surface area (Å²) in [5, 5.41) is 0. The predicted molar refractivity (Wildman–Crippen MR) is 131 cm³/mol. The van der Waals surface area contributed by atoms with E-state index in [2.05, 4.69) is 27.7 Å². The first-order valence-electron chi connectivity index (χ1n) is 12.6. The topological polar surface area (TPSA) is 69.8 Å². The van der Waals surface area contributed by atoms with Crippen LogP contribution >= 0.6 is 0 Å². The van der Waals surface area contributed by atoms with Crippen LogP contribution in [0, 0.1) is 17.8 Å². The van der Waals surface area contributed by atoms with Crippen molar-refractivity contribution in [3.63, 3.8) is 0 Å². The van der Waals surface area contributed by atoms with Crippen molar-refractivity contribution in [3.05, 3.63) is 35.9 Å². The van der Waals surface area contributed by atoms with Gasteiger partial charge in [-0.3, -0.25) is 0 Å². The van der Waals surface area contributed by atoms with E-state index in [0.717, 1.165) is 43.6 Å². The van der Waals surface area contributed by atoms with E-state index in [4.69, 9.17) is 23.7 Å². The van der Waals surface area contributed by atoms with Crippen molar-refractivity contribution in [2.45, 2.75) is 82.9 Å². The van der Waals surface area contributed by atoms with Crippen molar-refractivity contribution >= 4 is 12.0 Å². The Hall–Kier alpha value is -1.89. The molecule has 1 aromatic rings. The third kappa shape index (κ3) is 5.05. The second-order valence-electron chi connectivity index (χ2n) is 10.7. The number of carbonyl (C=O) groups is 1. The molecule has 0 amide bonds. The van der Waals surface area contributed by atoms with Crippen molar-refractivity contribution in [1.29, 1.82) is 0 Å². The Labute approximate surface area is 203 Å². The highest BCUT2D eigenvalue weighted by Gasteiger charge is 2.73. The number of epoxide rings is 2. The van der Waals surface area contributed by atoms with E-state index in [-0.39, 0.29) is 47.3 Å². The molecular weight excluding hydrogens is 432 g/mol. The van der Waals surface area contributed by atoms with E-state index in [1.54, 1.807) is 20.3 Å². The number of ether oxygens (including phenoxy) is 5. The van der Waals surface area contributed by atoms with Gasteiger partial charge in [0, 0.05) is 19.1 Å². The van der Waals surface area contributed by atoms with Gasteiger partial charge in [0.2, 0.25) is 0 Å². The first-order chi connectivity index (χ1) is 16.3. The number of benzene rings is 1. The summed E-state index contributed by atoms with van der Waals surface area (Å²) in [5.41, 5.74) is 0.332. The molecule has 1 aliphatic carbocycles. The van der Waals surface area contributed by atoms with Crippen molar-refractivity contribution < 1.29 is 28.5 Å². The number of carbonyl (C=O) groups excluding carboxylic acids is 1. The lowest BCUT2D eigenvalue weighted by molar-refractivity contribution is -0.178. The number of hydrogen-bond acceptors (Lipinski definition) is 6. The van der Waals surface area contributed by atoms with Gasteiger partial charge < -0.3 is 23.7 Å². The molecule has 3 fully saturated rings. The minimum atomic E-state index is -0.363. The lowest BCUT2D eigenvalue weighted by atomic mass is 9.64. The Bertz CT molecular complexity index is 891. The molecule has 2 saturated heterocycles. The van der Waals surface area contributed by atoms with Crippen LogP contribution in [0.4, 0.5) is 0 Å². The van der Waals surface area contributed by atoms with Gasteiger partial charge in [0.1, 0.15) is 29.2 Å². The molecule has 3 aliphatic rings. The SMILES string of the molecule is CC[C@@H]1C[C@]2(CO2)[C@@H]([C@@]2(C)O[C@@H]2CCC(C)C)[C@H](OC)[C@@H]1OC(=O)/C=C/c1cccc(OC)c1. The third-order valence-corrected chi connectivity index (χ3v) is 7.96. The summed E-state index contributed by atoms with van der Waals surface area (Å²) in [7, 11) is 3.34. The fourth-order valence-corrected chi connectivity index (χ4v) is 5.95. The van der Waals surface area contributed by atoms with Crippen LogP contribution in [0.3, 0.4) is 0 Å². The normalized spacial score (nSPS) is 36.7. The highest BCUT2D eigenvalue weighted by atomic mass is 16.6. The maximum absolute atomic E-state index is 12.9. The zero-order chi connectivity index (χ0) is 24.5. The van der Waals surface area contributed by atoms with Gasteiger partial charge in [0.25, 0.3) is 0 Å². The minimum absolute atomic E-state index is 0.0325. The monoisotopic (exact) mass is 472 g/mol. The van der Waals surface area contributed by atoms with E-state index in [9.17, 15) is 4.79 Å². The van der Waals surface area contributed by atoms with Crippen molar-refractivity contribution in [2.24, 2.45) is 17.8 Å². The molecule has 0 radical (unpaired) electrons. The third-order valence-electron chi connectivity index (χ3n) is 7.96. The summed E-state index contributed by atoms with van der Waals surface area (Å²) >= 11 is 0.